The molecule has 1 unspecified atom stereocenters. The van der Waals surface area contributed by atoms with Crippen molar-refractivity contribution >= 4 is 21.6 Å². The zero-order valence-corrected chi connectivity index (χ0v) is 6.03. The molecule has 0 aliphatic carbocycles. The molecule has 6 heteroatoms. The molecule has 5 nitrogen and oxygen atoms in total. The van der Waals surface area contributed by atoms with Crippen molar-refractivity contribution in [2.75, 3.05) is 0 Å². The Morgan fingerprint density at radius 3 is 2.20 bits per heavy atom. The summed E-state index contributed by atoms with van der Waals surface area (Å²) in [6.07, 6.45) is 0. The van der Waals surface area contributed by atoms with Gasteiger partial charge < -0.3 is 0 Å². The molecule has 0 radical (unpaired) electrons. The molecule has 1 fully saturated rings. The van der Waals surface area contributed by atoms with Crippen molar-refractivity contribution in [3.63, 3.8) is 0 Å². The van der Waals surface area contributed by atoms with Crippen molar-refractivity contribution in [1.29, 1.82) is 5.41 Å². The zero-order chi connectivity index (χ0) is 7.94. The van der Waals surface area contributed by atoms with E-state index in [9.17, 15) is 13.2 Å². The third kappa shape index (κ3) is 0.804. The van der Waals surface area contributed by atoms with E-state index >= 15 is 0 Å². The average molecular weight is 162 g/mol. The summed E-state index contributed by atoms with van der Waals surface area (Å²) in [6.45, 7) is 1.30. The molecule has 1 amide bonds. The monoisotopic (exact) mass is 162 g/mol. The number of carbonyl (C=O) groups excluding carboxylic acids is 1. The molecule has 1 aliphatic heterocycles. The average Bonchev–Trinajstić information content (AvgIpc) is 1.95. The molecule has 0 aromatic heterocycles. The van der Waals surface area contributed by atoms with Crippen LogP contribution in [0.3, 0.4) is 0 Å². The van der Waals surface area contributed by atoms with E-state index in [1.807, 2.05) is 0 Å². The van der Waals surface area contributed by atoms with E-state index in [-0.39, 0.29) is 5.71 Å². The number of hydrogen-bond donors (Lipinski definition) is 2. The maximum Gasteiger partial charge on any atom is 0.279 e. The number of sulfonamides is 1. The fraction of sp³-hybridized carbons (Fsp3) is 0.500. The fourth-order valence-corrected chi connectivity index (χ4v) is 1.57. The van der Waals surface area contributed by atoms with E-state index in [1.54, 1.807) is 4.72 Å². The SMILES string of the molecule is CC1C(=N)C(=O)NS1(=O)=O. The lowest BCUT2D eigenvalue weighted by atomic mass is 10.3. The van der Waals surface area contributed by atoms with E-state index in [1.165, 1.54) is 6.92 Å². The van der Waals surface area contributed by atoms with Gasteiger partial charge >= 0.3 is 0 Å². The highest BCUT2D eigenvalue weighted by Gasteiger charge is 2.38. The van der Waals surface area contributed by atoms with Crippen molar-refractivity contribution in [1.82, 2.24) is 4.72 Å². The van der Waals surface area contributed by atoms with Crippen LogP contribution in [0.2, 0.25) is 0 Å². The van der Waals surface area contributed by atoms with Crippen LogP contribution in [0.15, 0.2) is 0 Å². The van der Waals surface area contributed by atoms with Crippen LogP contribution in [0.25, 0.3) is 0 Å². The van der Waals surface area contributed by atoms with Crippen molar-refractivity contribution in [2.24, 2.45) is 0 Å². The first-order valence-electron chi connectivity index (χ1n) is 2.59. The Morgan fingerprint density at radius 2 is 2.10 bits per heavy atom. The van der Waals surface area contributed by atoms with Crippen LogP contribution in [0.5, 0.6) is 0 Å². The minimum atomic E-state index is -3.55. The van der Waals surface area contributed by atoms with E-state index in [0.29, 0.717) is 0 Å². The zero-order valence-electron chi connectivity index (χ0n) is 5.21. The number of amides is 1. The van der Waals surface area contributed by atoms with Crippen LogP contribution in [0.1, 0.15) is 6.92 Å². The molecular formula is C4H6N2O3S. The first-order valence-corrected chi connectivity index (χ1v) is 4.14. The van der Waals surface area contributed by atoms with Gasteiger partial charge in [-0.2, -0.15) is 0 Å². The minimum absolute atomic E-state index is 0.389. The van der Waals surface area contributed by atoms with Gasteiger partial charge in [-0.25, -0.2) is 13.1 Å². The van der Waals surface area contributed by atoms with Gasteiger partial charge in [-0.3, -0.25) is 10.2 Å². The van der Waals surface area contributed by atoms with Crippen LogP contribution in [0, 0.1) is 5.41 Å². The maximum atomic E-state index is 10.7. The standard InChI is InChI=1S/C4H6N2O3S/c1-2-3(5)4(7)6-10(2,8)9/h2,5H,1H3,(H,6,7). The molecule has 0 saturated carbocycles. The van der Waals surface area contributed by atoms with Gasteiger partial charge in [0.15, 0.2) is 0 Å². The summed E-state index contributed by atoms with van der Waals surface area (Å²) in [4.78, 5) is 10.5. The number of carbonyl (C=O) groups is 1. The summed E-state index contributed by atoms with van der Waals surface area (Å²) >= 11 is 0. The molecule has 1 heterocycles. The molecule has 0 spiro atoms. The highest BCUT2D eigenvalue weighted by molar-refractivity contribution is 7.92. The minimum Gasteiger partial charge on any atom is -0.298 e. The summed E-state index contributed by atoms with van der Waals surface area (Å²) in [5.74, 6) is -0.813. The van der Waals surface area contributed by atoms with Gasteiger partial charge in [0.05, 0.1) is 0 Å². The summed E-state index contributed by atoms with van der Waals surface area (Å²) in [7, 11) is -3.55. The second kappa shape index (κ2) is 1.79. The molecule has 0 aromatic rings. The lowest BCUT2D eigenvalue weighted by Crippen LogP contribution is -2.23. The van der Waals surface area contributed by atoms with Crippen molar-refractivity contribution in [3.05, 3.63) is 0 Å². The second-order valence-corrected chi connectivity index (χ2v) is 4.03. The summed E-state index contributed by atoms with van der Waals surface area (Å²) in [5, 5.41) is 5.93. The Labute approximate surface area is 58.0 Å². The van der Waals surface area contributed by atoms with Crippen LogP contribution < -0.4 is 4.72 Å². The van der Waals surface area contributed by atoms with Crippen LogP contribution >= 0.6 is 0 Å². The van der Waals surface area contributed by atoms with Crippen LogP contribution in [-0.2, 0) is 14.8 Å². The summed E-state index contributed by atoms with van der Waals surface area (Å²) in [5.41, 5.74) is -0.389. The van der Waals surface area contributed by atoms with Crippen molar-refractivity contribution < 1.29 is 13.2 Å². The van der Waals surface area contributed by atoms with Crippen molar-refractivity contribution in [3.8, 4) is 0 Å². The third-order valence-electron chi connectivity index (χ3n) is 1.35. The smallest absolute Gasteiger partial charge is 0.279 e. The summed E-state index contributed by atoms with van der Waals surface area (Å²) in [6, 6.07) is 0. The molecule has 56 valence electrons. The highest BCUT2D eigenvalue weighted by atomic mass is 32.2. The Morgan fingerprint density at radius 1 is 1.60 bits per heavy atom. The quantitative estimate of drug-likeness (QED) is 0.471. The Bertz CT molecular complexity index is 292. The predicted octanol–water partition coefficient (Wildman–Crippen LogP) is -1.15. The van der Waals surface area contributed by atoms with Crippen LogP contribution in [-0.4, -0.2) is 25.3 Å². The number of rotatable bonds is 0. The molecule has 1 rings (SSSR count). The Kier molecular flexibility index (Phi) is 1.29. The van der Waals surface area contributed by atoms with Gasteiger partial charge in [0.2, 0.25) is 10.0 Å². The van der Waals surface area contributed by atoms with Crippen molar-refractivity contribution in [2.45, 2.75) is 12.2 Å². The number of hydrogen-bond acceptors (Lipinski definition) is 4. The third-order valence-corrected chi connectivity index (χ3v) is 2.99. The van der Waals surface area contributed by atoms with Gasteiger partial charge in [-0.15, -0.1) is 0 Å². The van der Waals surface area contributed by atoms with Crippen LogP contribution in [0.4, 0.5) is 0 Å². The van der Waals surface area contributed by atoms with Gasteiger partial charge in [-0.05, 0) is 6.92 Å². The molecule has 1 atom stereocenters. The lowest BCUT2D eigenvalue weighted by Gasteiger charge is -1.94. The fourth-order valence-electron chi connectivity index (χ4n) is 0.612. The van der Waals surface area contributed by atoms with Gasteiger partial charge in [0.25, 0.3) is 5.91 Å². The second-order valence-electron chi connectivity index (χ2n) is 2.03. The normalized spacial score (nSPS) is 30.3. The Hall–Kier alpha value is -0.910. The lowest BCUT2D eigenvalue weighted by molar-refractivity contribution is -0.113. The molecule has 1 aliphatic rings. The topological polar surface area (TPSA) is 87.1 Å². The summed E-state index contributed by atoms with van der Waals surface area (Å²) < 4.78 is 23.1. The molecular weight excluding hydrogens is 156 g/mol. The predicted molar refractivity (Wildman–Crippen MR) is 34.3 cm³/mol. The molecule has 0 bridgehead atoms. The van der Waals surface area contributed by atoms with Gasteiger partial charge in [0, 0.05) is 0 Å². The molecule has 0 aromatic carbocycles. The molecule has 2 N–H and O–H groups in total. The maximum absolute atomic E-state index is 10.7. The number of nitrogens with one attached hydrogen (secondary N) is 2. The van der Waals surface area contributed by atoms with E-state index in [0.717, 1.165) is 0 Å². The van der Waals surface area contributed by atoms with E-state index in [4.69, 9.17) is 5.41 Å². The van der Waals surface area contributed by atoms with E-state index < -0.39 is 21.2 Å². The van der Waals surface area contributed by atoms with E-state index in [2.05, 4.69) is 0 Å². The van der Waals surface area contributed by atoms with Gasteiger partial charge in [-0.1, -0.05) is 0 Å². The first kappa shape index (κ1) is 7.20. The van der Waals surface area contributed by atoms with Gasteiger partial charge in [0.1, 0.15) is 11.0 Å². The molecule has 10 heavy (non-hydrogen) atoms. The largest absolute Gasteiger partial charge is 0.298 e. The highest BCUT2D eigenvalue weighted by Crippen LogP contribution is 2.07. The Balaban J connectivity index is 3.16. The first-order chi connectivity index (χ1) is 4.45. The molecule has 1 saturated heterocycles.